The van der Waals surface area contributed by atoms with E-state index in [9.17, 15) is 14.7 Å². The normalized spacial score (nSPS) is 20.8. The largest absolute Gasteiger partial charge is 0.497 e. The van der Waals surface area contributed by atoms with Gasteiger partial charge in [-0.15, -0.1) is 0 Å². The Morgan fingerprint density at radius 2 is 1.96 bits per heavy atom. The van der Waals surface area contributed by atoms with Crippen molar-refractivity contribution in [3.8, 4) is 5.75 Å². The number of aliphatic hydroxyl groups excluding tert-OH is 1. The lowest BCUT2D eigenvalue weighted by Gasteiger charge is -2.24. The number of likely N-dealkylation sites (tertiary alicyclic amines) is 1. The third-order valence-corrected chi connectivity index (χ3v) is 4.08. The van der Waals surface area contributed by atoms with Crippen molar-refractivity contribution in [3.05, 3.63) is 29.8 Å². The first-order valence-corrected chi connectivity index (χ1v) is 7.41. The third-order valence-electron chi connectivity index (χ3n) is 4.08. The first-order valence-electron chi connectivity index (χ1n) is 7.41. The maximum Gasteiger partial charge on any atom is 0.317 e. The summed E-state index contributed by atoms with van der Waals surface area (Å²) in [7, 11) is 3.22. The van der Waals surface area contributed by atoms with Gasteiger partial charge in [0.15, 0.2) is 0 Å². The van der Waals surface area contributed by atoms with Gasteiger partial charge in [-0.05, 0) is 24.7 Å². The van der Waals surface area contributed by atoms with Crippen molar-refractivity contribution in [1.29, 1.82) is 0 Å². The number of hydrogen-bond donors (Lipinski definition) is 2. The van der Waals surface area contributed by atoms with Gasteiger partial charge in [-0.2, -0.15) is 0 Å². The van der Waals surface area contributed by atoms with Crippen molar-refractivity contribution in [2.75, 3.05) is 33.8 Å². The molecule has 126 valence electrons. The molecule has 2 rings (SSSR count). The van der Waals surface area contributed by atoms with E-state index in [2.05, 4.69) is 0 Å². The maximum atomic E-state index is 12.4. The number of ether oxygens (including phenoxy) is 1. The number of amides is 1. The number of hydrogen-bond acceptors (Lipinski definition) is 5. The highest BCUT2D eigenvalue weighted by Crippen LogP contribution is 2.18. The SMILES string of the molecule is COc1ccc(CC(=O)N2CC(N(C)CC(=O)O)[C@H](O)C2)cc1. The highest BCUT2D eigenvalue weighted by Gasteiger charge is 2.36. The number of nitrogens with zero attached hydrogens (tertiary/aromatic N) is 2. The minimum absolute atomic E-state index is 0.0829. The Labute approximate surface area is 135 Å². The molecule has 1 amide bonds. The van der Waals surface area contributed by atoms with Crippen LogP contribution in [-0.4, -0.2) is 77.8 Å². The molecule has 1 aromatic rings. The van der Waals surface area contributed by atoms with Crippen LogP contribution in [0.4, 0.5) is 0 Å². The van der Waals surface area contributed by atoms with Crippen LogP contribution in [0.2, 0.25) is 0 Å². The molecule has 1 saturated heterocycles. The fraction of sp³-hybridized carbons (Fsp3) is 0.500. The lowest BCUT2D eigenvalue weighted by atomic mass is 10.1. The molecule has 7 nitrogen and oxygen atoms in total. The number of benzene rings is 1. The Balaban J connectivity index is 1.93. The molecule has 1 fully saturated rings. The van der Waals surface area contributed by atoms with Crippen molar-refractivity contribution < 1.29 is 24.5 Å². The zero-order valence-electron chi connectivity index (χ0n) is 13.3. The summed E-state index contributed by atoms with van der Waals surface area (Å²) in [5.41, 5.74) is 0.868. The molecule has 1 aromatic carbocycles. The average Bonchev–Trinajstić information content (AvgIpc) is 2.89. The first-order chi connectivity index (χ1) is 10.9. The van der Waals surface area contributed by atoms with Gasteiger partial charge in [0.2, 0.25) is 5.91 Å². The smallest absolute Gasteiger partial charge is 0.317 e. The van der Waals surface area contributed by atoms with Crippen LogP contribution < -0.4 is 4.74 Å². The van der Waals surface area contributed by atoms with Crippen molar-refractivity contribution in [2.24, 2.45) is 0 Å². The molecule has 2 atom stereocenters. The predicted octanol–water partition coefficient (Wildman–Crippen LogP) is -0.174. The van der Waals surface area contributed by atoms with Gasteiger partial charge in [-0.3, -0.25) is 14.5 Å². The molecule has 1 aliphatic heterocycles. The second-order valence-electron chi connectivity index (χ2n) is 5.77. The molecule has 0 bridgehead atoms. The zero-order chi connectivity index (χ0) is 17.0. The van der Waals surface area contributed by atoms with Crippen molar-refractivity contribution in [3.63, 3.8) is 0 Å². The molecule has 1 aliphatic rings. The summed E-state index contributed by atoms with van der Waals surface area (Å²) in [6.45, 7) is 0.395. The first kappa shape index (κ1) is 17.2. The van der Waals surface area contributed by atoms with E-state index in [1.807, 2.05) is 12.1 Å². The van der Waals surface area contributed by atoms with E-state index >= 15 is 0 Å². The molecule has 2 N–H and O–H groups in total. The second kappa shape index (κ2) is 7.43. The van der Waals surface area contributed by atoms with Crippen LogP contribution >= 0.6 is 0 Å². The van der Waals surface area contributed by atoms with Gasteiger partial charge >= 0.3 is 5.97 Å². The Morgan fingerprint density at radius 3 is 2.52 bits per heavy atom. The minimum Gasteiger partial charge on any atom is -0.497 e. The van der Waals surface area contributed by atoms with E-state index < -0.39 is 12.1 Å². The zero-order valence-corrected chi connectivity index (χ0v) is 13.3. The summed E-state index contributed by atoms with van der Waals surface area (Å²) >= 11 is 0. The molecule has 23 heavy (non-hydrogen) atoms. The van der Waals surface area contributed by atoms with Crippen molar-refractivity contribution >= 4 is 11.9 Å². The van der Waals surface area contributed by atoms with Gasteiger partial charge in [0.05, 0.1) is 32.2 Å². The molecule has 7 heteroatoms. The highest BCUT2D eigenvalue weighted by atomic mass is 16.5. The number of carboxylic acids is 1. The van der Waals surface area contributed by atoms with Crippen molar-refractivity contribution in [1.82, 2.24) is 9.80 Å². The minimum atomic E-state index is -0.956. The number of methoxy groups -OCH3 is 1. The molecule has 1 unspecified atom stereocenters. The quantitative estimate of drug-likeness (QED) is 0.755. The van der Waals surface area contributed by atoms with Crippen LogP contribution in [0.1, 0.15) is 5.56 Å². The van der Waals surface area contributed by atoms with Gasteiger partial charge in [-0.1, -0.05) is 12.1 Å². The lowest BCUT2D eigenvalue weighted by Crippen LogP contribution is -2.43. The molecular formula is C16H22N2O5. The molecule has 1 heterocycles. The summed E-state index contributed by atoms with van der Waals surface area (Å²) in [5, 5.41) is 18.9. The topological polar surface area (TPSA) is 90.3 Å². The van der Waals surface area contributed by atoms with Crippen LogP contribution in [-0.2, 0) is 16.0 Å². The van der Waals surface area contributed by atoms with E-state index in [0.29, 0.717) is 6.54 Å². The van der Waals surface area contributed by atoms with E-state index in [0.717, 1.165) is 11.3 Å². The molecule has 0 radical (unpaired) electrons. The highest BCUT2D eigenvalue weighted by molar-refractivity contribution is 5.79. The molecule has 0 aliphatic carbocycles. The molecule has 0 saturated carbocycles. The Hall–Kier alpha value is -2.12. The second-order valence-corrected chi connectivity index (χ2v) is 5.77. The van der Waals surface area contributed by atoms with E-state index in [1.54, 1.807) is 36.1 Å². The predicted molar refractivity (Wildman–Crippen MR) is 83.3 cm³/mol. The number of likely N-dealkylation sites (N-methyl/N-ethyl adjacent to an activating group) is 1. The Kier molecular flexibility index (Phi) is 5.57. The van der Waals surface area contributed by atoms with Crippen LogP contribution in [0.3, 0.4) is 0 Å². The fourth-order valence-electron chi connectivity index (χ4n) is 2.77. The summed E-state index contributed by atoms with van der Waals surface area (Å²) in [5.74, 6) is -0.309. The van der Waals surface area contributed by atoms with E-state index in [4.69, 9.17) is 9.84 Å². The van der Waals surface area contributed by atoms with Gasteiger partial charge in [0.25, 0.3) is 0 Å². The number of carbonyl (C=O) groups excluding carboxylic acids is 1. The number of aliphatic carboxylic acids is 1. The Morgan fingerprint density at radius 1 is 1.30 bits per heavy atom. The van der Waals surface area contributed by atoms with Crippen molar-refractivity contribution in [2.45, 2.75) is 18.6 Å². The summed E-state index contributed by atoms with van der Waals surface area (Å²) in [4.78, 5) is 26.3. The molecule has 0 spiro atoms. The van der Waals surface area contributed by atoms with Gasteiger partial charge < -0.3 is 19.8 Å². The van der Waals surface area contributed by atoms with Crippen LogP contribution in [0, 0.1) is 0 Å². The van der Waals surface area contributed by atoms with E-state index in [-0.39, 0.29) is 31.5 Å². The standard InChI is InChI=1S/C16H22N2O5/c1-17(10-16(21)22)13-8-18(9-14(13)19)15(20)7-11-3-5-12(23-2)6-4-11/h3-6,13-14,19H,7-10H2,1-2H3,(H,21,22)/t13?,14-/m1/s1. The number of β-amino-alcohol motifs (C(OH)–C–C–N with tert-alkyl or cyclic N) is 1. The fourth-order valence-corrected chi connectivity index (χ4v) is 2.77. The third kappa shape index (κ3) is 4.43. The van der Waals surface area contributed by atoms with Crippen LogP contribution in [0.25, 0.3) is 0 Å². The monoisotopic (exact) mass is 322 g/mol. The summed E-state index contributed by atoms with van der Waals surface area (Å²) in [6.07, 6.45) is -0.495. The summed E-state index contributed by atoms with van der Waals surface area (Å²) < 4.78 is 5.08. The van der Waals surface area contributed by atoms with Gasteiger partial charge in [0.1, 0.15) is 5.75 Å². The summed E-state index contributed by atoms with van der Waals surface area (Å²) in [6, 6.07) is 6.90. The Bertz CT molecular complexity index is 560. The van der Waals surface area contributed by atoms with Gasteiger partial charge in [-0.25, -0.2) is 0 Å². The maximum absolute atomic E-state index is 12.4. The lowest BCUT2D eigenvalue weighted by molar-refractivity contribution is -0.138. The van der Waals surface area contributed by atoms with E-state index in [1.165, 1.54) is 0 Å². The molecular weight excluding hydrogens is 300 g/mol. The van der Waals surface area contributed by atoms with Crippen LogP contribution in [0.15, 0.2) is 24.3 Å². The number of carboxylic acid groups (broad SMARTS) is 1. The molecule has 0 aromatic heterocycles. The number of rotatable bonds is 6. The van der Waals surface area contributed by atoms with Crippen LogP contribution in [0.5, 0.6) is 5.75 Å². The average molecular weight is 322 g/mol. The number of carbonyl (C=O) groups is 2. The number of aliphatic hydroxyl groups is 1. The van der Waals surface area contributed by atoms with Gasteiger partial charge in [0, 0.05) is 13.1 Å².